The summed E-state index contributed by atoms with van der Waals surface area (Å²) in [6.07, 6.45) is 2.90. The molecule has 3 aromatic carbocycles. The summed E-state index contributed by atoms with van der Waals surface area (Å²) in [5, 5.41) is 0. The Balaban J connectivity index is 0.000000538. The Morgan fingerprint density at radius 3 is 1.97 bits per heavy atom. The van der Waals surface area contributed by atoms with Gasteiger partial charge in [0.1, 0.15) is 0 Å². The second kappa shape index (κ2) is 10.0. The molecule has 1 heterocycles. The first kappa shape index (κ1) is 27.9. The van der Waals surface area contributed by atoms with Crippen molar-refractivity contribution in [3.8, 4) is 23.3 Å². The van der Waals surface area contributed by atoms with Gasteiger partial charge in [0.05, 0.1) is 0 Å². The molecule has 0 aromatic heterocycles. The predicted octanol–water partition coefficient (Wildman–Crippen LogP) is 8.07. The molecular formula is C33H38FeO2-6. The third-order valence-electron chi connectivity index (χ3n) is 6.99. The molecule has 3 heteroatoms. The summed E-state index contributed by atoms with van der Waals surface area (Å²) in [5.74, 6) is 8.34. The van der Waals surface area contributed by atoms with Crippen LogP contribution in [-0.4, -0.2) is 11.2 Å². The zero-order valence-corrected chi connectivity index (χ0v) is 23.9. The van der Waals surface area contributed by atoms with Crippen LogP contribution in [0.15, 0.2) is 78.4 Å². The summed E-state index contributed by atoms with van der Waals surface area (Å²) in [5.41, 5.74) is 3.51. The van der Waals surface area contributed by atoms with E-state index in [4.69, 9.17) is 9.47 Å². The summed E-state index contributed by atoms with van der Waals surface area (Å²) in [7, 11) is 0. The van der Waals surface area contributed by atoms with Gasteiger partial charge >= 0.3 is 0 Å². The van der Waals surface area contributed by atoms with Gasteiger partial charge in [-0.2, -0.15) is 24.0 Å². The van der Waals surface area contributed by atoms with Gasteiger partial charge in [-0.15, -0.1) is 12.1 Å². The van der Waals surface area contributed by atoms with E-state index in [9.17, 15) is 0 Å². The summed E-state index contributed by atoms with van der Waals surface area (Å²) < 4.78 is 13.5. The number of hydrogen-bond acceptors (Lipinski definition) is 2. The minimum absolute atomic E-state index is 0. The normalized spacial score (nSPS) is 22.2. The second-order valence-electron chi connectivity index (χ2n) is 12.1. The molecule has 0 saturated heterocycles. The van der Waals surface area contributed by atoms with Gasteiger partial charge in [0.15, 0.2) is 22.7 Å². The maximum atomic E-state index is 6.77. The van der Waals surface area contributed by atoms with E-state index in [-0.39, 0.29) is 27.9 Å². The van der Waals surface area contributed by atoms with Crippen molar-refractivity contribution < 1.29 is 26.5 Å². The van der Waals surface area contributed by atoms with Gasteiger partial charge < -0.3 is 39.8 Å². The van der Waals surface area contributed by atoms with Gasteiger partial charge in [-0.1, -0.05) is 53.2 Å². The van der Waals surface area contributed by atoms with Crippen molar-refractivity contribution in [2.24, 2.45) is 0 Å². The van der Waals surface area contributed by atoms with E-state index >= 15 is 0 Å². The van der Waals surface area contributed by atoms with Gasteiger partial charge in [-0.05, 0) is 48.0 Å². The Bertz CT molecular complexity index is 1240. The summed E-state index contributed by atoms with van der Waals surface area (Å²) in [6.45, 7) is 17.7. The fraction of sp³-hybridized carbons (Fsp3) is 0.394. The third-order valence-corrected chi connectivity index (χ3v) is 6.99. The Hall–Kier alpha value is -2.66. The molecule has 196 valence electrons. The molecule has 2 atom stereocenters. The van der Waals surface area contributed by atoms with E-state index in [1.165, 1.54) is 11.1 Å². The molecule has 3 aromatic rings. The fourth-order valence-corrected chi connectivity index (χ4v) is 4.59. The van der Waals surface area contributed by atoms with Crippen LogP contribution < -0.4 is 9.47 Å². The fourth-order valence-electron chi connectivity index (χ4n) is 4.59. The molecule has 0 saturated carbocycles. The Labute approximate surface area is 228 Å². The quantitative estimate of drug-likeness (QED) is 0.169. The molecule has 2 aliphatic rings. The molecular weight excluding hydrogens is 484 g/mol. The second-order valence-corrected chi connectivity index (χ2v) is 12.1. The third kappa shape index (κ3) is 5.67. The van der Waals surface area contributed by atoms with Crippen molar-refractivity contribution >= 4 is 0 Å². The zero-order chi connectivity index (χ0) is 25.5. The van der Waals surface area contributed by atoms with Crippen molar-refractivity contribution in [2.45, 2.75) is 83.8 Å². The van der Waals surface area contributed by atoms with Crippen LogP contribution in [0.2, 0.25) is 0 Å². The van der Waals surface area contributed by atoms with Crippen molar-refractivity contribution in [3.63, 3.8) is 0 Å². The number of hydrogen-bond donors (Lipinski definition) is 0. The van der Waals surface area contributed by atoms with Gasteiger partial charge in [-0.3, -0.25) is 0 Å². The molecule has 1 aliphatic heterocycles. The van der Waals surface area contributed by atoms with Gasteiger partial charge in [0.2, 0.25) is 0 Å². The van der Waals surface area contributed by atoms with Crippen LogP contribution in [0.5, 0.6) is 11.5 Å². The minimum atomic E-state index is -0.556. The van der Waals surface area contributed by atoms with Gasteiger partial charge in [-0.25, -0.2) is 0 Å². The van der Waals surface area contributed by atoms with Crippen LogP contribution in [-0.2, 0) is 27.9 Å². The van der Waals surface area contributed by atoms with Crippen LogP contribution >= 0.6 is 0 Å². The molecule has 0 radical (unpaired) electrons. The molecule has 0 spiro atoms. The van der Waals surface area contributed by atoms with Crippen LogP contribution in [0.25, 0.3) is 0 Å². The van der Waals surface area contributed by atoms with E-state index in [0.717, 1.165) is 29.1 Å². The molecule has 0 bridgehead atoms. The molecule has 2 nitrogen and oxygen atoms in total. The Morgan fingerprint density at radius 1 is 0.861 bits per heavy atom. The molecule has 0 amide bonds. The SMILES string of the molecule is CC(C)(C)c1cc2c(c(C(C)(C)C)c1)OC1(C)C=C(C#C[c-]3cccc3)CC1(C)O2.[Fe].[cH-]1[cH-][cH-][cH-][cH-]1. The van der Waals surface area contributed by atoms with E-state index < -0.39 is 11.2 Å². The molecule has 2 unspecified atom stereocenters. The first-order chi connectivity index (χ1) is 16.3. The first-order valence-corrected chi connectivity index (χ1v) is 12.5. The average molecular weight is 523 g/mol. The average Bonchev–Trinajstić information content (AvgIpc) is 3.50. The maximum Gasteiger partial charge on any atom is 0.166 e. The summed E-state index contributed by atoms with van der Waals surface area (Å²) in [6, 6.07) is 22.6. The van der Waals surface area contributed by atoms with E-state index in [1.807, 2.05) is 54.6 Å². The molecule has 1 aliphatic carbocycles. The smallest absolute Gasteiger partial charge is 0.166 e. The summed E-state index contributed by atoms with van der Waals surface area (Å²) in [4.78, 5) is 0. The van der Waals surface area contributed by atoms with E-state index in [2.05, 4.69) is 85.4 Å². The standard InChI is InChI=1S/C28H33O2.C5H5.Fe/c1-25(2,3)21-15-22(26(4,5)6)24-23(16-21)29-27(7)17-20(18-28(27,8)30-24)14-13-19-11-9-10-12-19;1-2-4-5-3-1;/h9-12,15-16,18H,17H2,1-8H3;1-5H;/q-1;-5;. The number of ether oxygens (including phenoxy) is 2. The van der Waals surface area contributed by atoms with Crippen molar-refractivity contribution in [1.29, 1.82) is 0 Å². The van der Waals surface area contributed by atoms with Crippen molar-refractivity contribution in [2.75, 3.05) is 0 Å². The molecule has 0 N–H and O–H groups in total. The Morgan fingerprint density at radius 2 is 1.44 bits per heavy atom. The minimum Gasteiger partial charge on any atom is -0.748 e. The molecule has 5 rings (SSSR count). The topological polar surface area (TPSA) is 18.5 Å². The van der Waals surface area contributed by atoms with E-state index in [0.29, 0.717) is 0 Å². The first-order valence-electron chi connectivity index (χ1n) is 12.5. The Kier molecular flexibility index (Phi) is 7.76. The van der Waals surface area contributed by atoms with Crippen LogP contribution in [0.1, 0.15) is 78.5 Å². The number of rotatable bonds is 0. The largest absolute Gasteiger partial charge is 0.748 e. The van der Waals surface area contributed by atoms with Gasteiger partial charge in [0.25, 0.3) is 0 Å². The van der Waals surface area contributed by atoms with Crippen LogP contribution in [0.3, 0.4) is 0 Å². The maximum absolute atomic E-state index is 6.77. The number of fused-ring (bicyclic) bond motifs is 2. The predicted molar refractivity (Wildman–Crippen MR) is 146 cm³/mol. The van der Waals surface area contributed by atoms with Crippen LogP contribution in [0.4, 0.5) is 0 Å². The van der Waals surface area contributed by atoms with Crippen molar-refractivity contribution in [1.82, 2.24) is 0 Å². The zero-order valence-electron chi connectivity index (χ0n) is 22.8. The number of benzene rings is 1. The molecule has 0 fully saturated rings. The monoisotopic (exact) mass is 522 g/mol. The summed E-state index contributed by atoms with van der Waals surface area (Å²) >= 11 is 0. The van der Waals surface area contributed by atoms with Gasteiger partial charge in [0, 0.05) is 29.1 Å². The van der Waals surface area contributed by atoms with Crippen LogP contribution in [0, 0.1) is 11.8 Å². The van der Waals surface area contributed by atoms with Crippen molar-refractivity contribution in [3.05, 3.63) is 95.1 Å². The van der Waals surface area contributed by atoms with E-state index in [1.54, 1.807) is 0 Å². The molecule has 36 heavy (non-hydrogen) atoms.